The molecule has 2 fully saturated rings. The predicted octanol–water partition coefficient (Wildman–Crippen LogP) is 4.03. The number of amides is 3. The number of carbonyl (C=O) groups excluding carboxylic acids is 2. The van der Waals surface area contributed by atoms with Crippen LogP contribution >= 0.6 is 0 Å². The van der Waals surface area contributed by atoms with Crippen molar-refractivity contribution in [1.82, 2.24) is 14.7 Å². The number of nitrogens with zero attached hydrogens (tertiary/aromatic N) is 3. The minimum atomic E-state index is -0.644. The second-order valence-corrected chi connectivity index (χ2v) is 9.54. The van der Waals surface area contributed by atoms with Gasteiger partial charge in [0.15, 0.2) is 0 Å². The quantitative estimate of drug-likeness (QED) is 0.620. The number of piperidine rings is 1. The molecule has 29 heavy (non-hydrogen) atoms. The Hall–Kier alpha value is -1.88. The highest BCUT2D eigenvalue weighted by Gasteiger charge is 2.57. The monoisotopic (exact) mass is 399 g/mol. The van der Waals surface area contributed by atoms with Gasteiger partial charge in [0.1, 0.15) is 5.54 Å². The number of likely N-dealkylation sites (tertiary alicyclic amines) is 1. The molecule has 3 rings (SSSR count). The maximum Gasteiger partial charge on any atom is 0.327 e. The molecule has 0 radical (unpaired) electrons. The van der Waals surface area contributed by atoms with Gasteiger partial charge in [-0.25, -0.2) is 4.79 Å². The highest BCUT2D eigenvalue weighted by atomic mass is 16.2. The second kappa shape index (κ2) is 9.29. The number of hydrogen-bond acceptors (Lipinski definition) is 3. The van der Waals surface area contributed by atoms with Crippen LogP contribution < -0.4 is 0 Å². The molecule has 160 valence electrons. The zero-order valence-corrected chi connectivity index (χ0v) is 18.6. The standard InChI is InChI=1S/C24H37N3O2/c1-19(2)10-14-25-16-12-24(13-17-25)22(28)26(18-20(3)4)23(29)27(24)15-11-21-8-6-5-7-9-21/h5-9,19-20H,10-18H2,1-4H3. The third-order valence-electron chi connectivity index (χ3n) is 6.34. The molecule has 0 aromatic heterocycles. The number of carbonyl (C=O) groups is 2. The van der Waals surface area contributed by atoms with Crippen molar-refractivity contribution in [3.05, 3.63) is 35.9 Å². The van der Waals surface area contributed by atoms with Crippen LogP contribution in [-0.4, -0.2) is 64.9 Å². The molecular weight excluding hydrogens is 362 g/mol. The Morgan fingerprint density at radius 1 is 0.931 bits per heavy atom. The van der Waals surface area contributed by atoms with Crippen molar-refractivity contribution in [3.63, 3.8) is 0 Å². The average Bonchev–Trinajstić information content (AvgIpc) is 2.88. The normalized spacial score (nSPS) is 19.9. The molecule has 5 nitrogen and oxygen atoms in total. The van der Waals surface area contributed by atoms with E-state index >= 15 is 0 Å². The van der Waals surface area contributed by atoms with E-state index in [9.17, 15) is 9.59 Å². The molecular formula is C24H37N3O2. The Labute approximate surface area is 176 Å². The summed E-state index contributed by atoms with van der Waals surface area (Å²) in [6.45, 7) is 12.6. The molecule has 3 amide bonds. The van der Waals surface area contributed by atoms with Crippen molar-refractivity contribution in [3.8, 4) is 0 Å². The average molecular weight is 400 g/mol. The fourth-order valence-electron chi connectivity index (χ4n) is 4.57. The highest BCUT2D eigenvalue weighted by molar-refractivity contribution is 6.07. The van der Waals surface area contributed by atoms with Crippen molar-refractivity contribution in [2.75, 3.05) is 32.7 Å². The van der Waals surface area contributed by atoms with Crippen LogP contribution in [0.15, 0.2) is 30.3 Å². The van der Waals surface area contributed by atoms with Gasteiger partial charge in [0.25, 0.3) is 5.91 Å². The fraction of sp³-hybridized carbons (Fsp3) is 0.667. The lowest BCUT2D eigenvalue weighted by Gasteiger charge is -2.42. The molecule has 0 aliphatic carbocycles. The summed E-state index contributed by atoms with van der Waals surface area (Å²) < 4.78 is 0. The van der Waals surface area contributed by atoms with Gasteiger partial charge in [0.05, 0.1) is 0 Å². The van der Waals surface area contributed by atoms with Gasteiger partial charge in [-0.3, -0.25) is 9.69 Å². The molecule has 5 heteroatoms. The maximum absolute atomic E-state index is 13.5. The molecule has 2 aliphatic heterocycles. The lowest BCUT2D eigenvalue weighted by Crippen LogP contribution is -2.57. The Balaban J connectivity index is 1.75. The van der Waals surface area contributed by atoms with Crippen LogP contribution in [0, 0.1) is 11.8 Å². The molecule has 0 atom stereocenters. The summed E-state index contributed by atoms with van der Waals surface area (Å²) in [7, 11) is 0. The van der Waals surface area contributed by atoms with Gasteiger partial charge >= 0.3 is 6.03 Å². The van der Waals surface area contributed by atoms with Gasteiger partial charge in [-0.05, 0) is 49.6 Å². The molecule has 2 heterocycles. The Morgan fingerprint density at radius 2 is 1.59 bits per heavy atom. The summed E-state index contributed by atoms with van der Waals surface area (Å²) in [6.07, 6.45) is 3.46. The summed E-state index contributed by atoms with van der Waals surface area (Å²) in [5.74, 6) is 0.998. The van der Waals surface area contributed by atoms with Gasteiger partial charge in [0.2, 0.25) is 0 Å². The van der Waals surface area contributed by atoms with Crippen LogP contribution in [0.2, 0.25) is 0 Å². The van der Waals surface area contributed by atoms with E-state index in [2.05, 4.69) is 44.7 Å². The summed E-state index contributed by atoms with van der Waals surface area (Å²) in [6, 6.07) is 10.2. The first-order valence-electron chi connectivity index (χ1n) is 11.2. The van der Waals surface area contributed by atoms with Crippen molar-refractivity contribution in [2.45, 2.75) is 58.9 Å². The van der Waals surface area contributed by atoms with E-state index in [0.29, 0.717) is 19.0 Å². The van der Waals surface area contributed by atoms with E-state index in [1.807, 2.05) is 23.1 Å². The Bertz CT molecular complexity index is 693. The molecule has 0 bridgehead atoms. The summed E-state index contributed by atoms with van der Waals surface area (Å²) in [5.41, 5.74) is 0.564. The lowest BCUT2D eigenvalue weighted by molar-refractivity contribution is -0.136. The van der Waals surface area contributed by atoms with Gasteiger partial charge in [-0.2, -0.15) is 0 Å². The third kappa shape index (κ3) is 4.82. The molecule has 0 unspecified atom stereocenters. The van der Waals surface area contributed by atoms with Crippen LogP contribution in [0.3, 0.4) is 0 Å². The van der Waals surface area contributed by atoms with Crippen molar-refractivity contribution < 1.29 is 9.59 Å². The van der Waals surface area contributed by atoms with E-state index in [1.165, 1.54) is 16.9 Å². The molecule has 1 spiro atoms. The third-order valence-corrected chi connectivity index (χ3v) is 6.34. The minimum Gasteiger partial charge on any atom is -0.309 e. The molecule has 0 N–H and O–H groups in total. The zero-order valence-electron chi connectivity index (χ0n) is 18.6. The number of imide groups is 1. The number of hydrogen-bond donors (Lipinski definition) is 0. The lowest BCUT2D eigenvalue weighted by atomic mass is 9.85. The van der Waals surface area contributed by atoms with Crippen molar-refractivity contribution in [2.24, 2.45) is 11.8 Å². The molecule has 1 aromatic rings. The first kappa shape index (κ1) is 21.8. The number of rotatable bonds is 8. The van der Waals surface area contributed by atoms with E-state index < -0.39 is 5.54 Å². The Kier molecular flexibility index (Phi) is 6.99. The number of urea groups is 1. The summed E-state index contributed by atoms with van der Waals surface area (Å²) in [5, 5.41) is 0. The zero-order chi connectivity index (χ0) is 21.0. The van der Waals surface area contributed by atoms with Gasteiger partial charge in [-0.15, -0.1) is 0 Å². The highest BCUT2D eigenvalue weighted by Crippen LogP contribution is 2.38. The van der Waals surface area contributed by atoms with Gasteiger partial charge in [-0.1, -0.05) is 58.0 Å². The second-order valence-electron chi connectivity index (χ2n) is 9.54. The van der Waals surface area contributed by atoms with Crippen LogP contribution in [0.5, 0.6) is 0 Å². The molecule has 2 saturated heterocycles. The maximum atomic E-state index is 13.5. The van der Waals surface area contributed by atoms with Crippen LogP contribution in [-0.2, 0) is 11.2 Å². The molecule has 1 aromatic carbocycles. The summed E-state index contributed by atoms with van der Waals surface area (Å²) in [4.78, 5) is 32.6. The Morgan fingerprint density at radius 3 is 2.17 bits per heavy atom. The van der Waals surface area contributed by atoms with E-state index in [4.69, 9.17) is 0 Å². The predicted molar refractivity (Wildman–Crippen MR) is 117 cm³/mol. The SMILES string of the molecule is CC(C)CCN1CCC2(CC1)C(=O)N(CC(C)C)C(=O)N2CCc1ccccc1. The van der Waals surface area contributed by atoms with E-state index in [0.717, 1.165) is 38.9 Å². The van der Waals surface area contributed by atoms with Crippen molar-refractivity contribution in [1.29, 1.82) is 0 Å². The fourth-order valence-corrected chi connectivity index (χ4v) is 4.57. The van der Waals surface area contributed by atoms with Gasteiger partial charge < -0.3 is 9.80 Å². The number of benzene rings is 1. The van der Waals surface area contributed by atoms with Crippen LogP contribution in [0.4, 0.5) is 4.79 Å². The largest absolute Gasteiger partial charge is 0.327 e. The van der Waals surface area contributed by atoms with Crippen molar-refractivity contribution >= 4 is 11.9 Å². The molecule has 2 aliphatic rings. The van der Waals surface area contributed by atoms with Crippen LogP contribution in [0.25, 0.3) is 0 Å². The van der Waals surface area contributed by atoms with Gasteiger partial charge in [0, 0.05) is 26.2 Å². The van der Waals surface area contributed by atoms with E-state index in [-0.39, 0.29) is 17.9 Å². The minimum absolute atomic E-state index is 0.0350. The molecule has 0 saturated carbocycles. The smallest absolute Gasteiger partial charge is 0.309 e. The van der Waals surface area contributed by atoms with E-state index in [1.54, 1.807) is 0 Å². The first-order chi connectivity index (χ1) is 13.8. The first-order valence-corrected chi connectivity index (χ1v) is 11.2. The van der Waals surface area contributed by atoms with Crippen LogP contribution in [0.1, 0.15) is 52.5 Å². The topological polar surface area (TPSA) is 43.9 Å². The summed E-state index contributed by atoms with van der Waals surface area (Å²) >= 11 is 0.